The second-order valence-corrected chi connectivity index (χ2v) is 5.38. The third-order valence-electron chi connectivity index (χ3n) is 2.17. The maximum atomic E-state index is 12.2. The Hall–Kier alpha value is -0.890. The Morgan fingerprint density at radius 2 is 1.94 bits per heavy atom. The molecule has 4 nitrogen and oxygen atoms in total. The minimum atomic E-state index is -4.45. The summed E-state index contributed by atoms with van der Waals surface area (Å²) in [5, 5.41) is 17.3. The summed E-state index contributed by atoms with van der Waals surface area (Å²) in [6, 6.07) is 0. The van der Waals surface area contributed by atoms with Gasteiger partial charge in [0.25, 0.3) is 0 Å². The predicted molar refractivity (Wildman–Crippen MR) is 58.9 cm³/mol. The highest BCUT2D eigenvalue weighted by atomic mass is 32.1. The van der Waals surface area contributed by atoms with E-state index >= 15 is 0 Å². The van der Waals surface area contributed by atoms with Crippen molar-refractivity contribution in [1.29, 1.82) is 0 Å². The van der Waals surface area contributed by atoms with Gasteiger partial charge in [0.15, 0.2) is 0 Å². The average Bonchev–Trinajstić information content (AvgIpc) is 2.62. The molecule has 0 aliphatic heterocycles. The van der Waals surface area contributed by atoms with E-state index in [0.717, 1.165) is 0 Å². The van der Waals surface area contributed by atoms with Crippen molar-refractivity contribution < 1.29 is 18.3 Å². The molecule has 0 saturated heterocycles. The van der Waals surface area contributed by atoms with Gasteiger partial charge in [-0.3, -0.25) is 0 Å². The third kappa shape index (κ3) is 4.47. The van der Waals surface area contributed by atoms with E-state index in [-0.39, 0.29) is 17.2 Å². The lowest BCUT2D eigenvalue weighted by molar-refractivity contribution is -0.138. The molecule has 17 heavy (non-hydrogen) atoms. The minimum Gasteiger partial charge on any atom is -0.396 e. The van der Waals surface area contributed by atoms with E-state index in [2.05, 4.69) is 15.5 Å². The Kier molecular flexibility index (Phi) is 4.31. The molecule has 2 N–H and O–H groups in total. The smallest absolute Gasteiger partial charge is 0.396 e. The number of aliphatic hydroxyl groups is 1. The van der Waals surface area contributed by atoms with Gasteiger partial charge in [0.1, 0.15) is 0 Å². The van der Waals surface area contributed by atoms with Crippen LogP contribution in [0.25, 0.3) is 0 Å². The minimum absolute atomic E-state index is 0.0403. The molecule has 0 aliphatic carbocycles. The topological polar surface area (TPSA) is 58.0 Å². The fraction of sp³-hybridized carbons (Fsp3) is 0.778. The Bertz CT molecular complexity index is 365. The molecule has 1 aromatic heterocycles. The Labute approximate surface area is 101 Å². The van der Waals surface area contributed by atoms with Crippen molar-refractivity contribution in [2.24, 2.45) is 5.41 Å². The van der Waals surface area contributed by atoms with Crippen molar-refractivity contribution in [3.05, 3.63) is 5.01 Å². The van der Waals surface area contributed by atoms with Crippen LogP contribution >= 0.6 is 11.3 Å². The lowest BCUT2D eigenvalue weighted by Gasteiger charge is -2.23. The summed E-state index contributed by atoms with van der Waals surface area (Å²) >= 11 is 0.478. The molecule has 1 rings (SSSR count). The number of aliphatic hydroxyl groups excluding tert-OH is 1. The van der Waals surface area contributed by atoms with Crippen LogP contribution < -0.4 is 5.32 Å². The number of hydrogen-bond donors (Lipinski definition) is 2. The molecule has 0 aromatic carbocycles. The normalized spacial score (nSPS) is 12.8. The van der Waals surface area contributed by atoms with Gasteiger partial charge in [-0.15, -0.1) is 10.2 Å². The number of aromatic nitrogens is 2. The molecule has 1 heterocycles. The van der Waals surface area contributed by atoms with Crippen molar-refractivity contribution >= 4 is 16.5 Å². The van der Waals surface area contributed by atoms with Crippen molar-refractivity contribution in [3.8, 4) is 0 Å². The Morgan fingerprint density at radius 1 is 1.29 bits per heavy atom. The van der Waals surface area contributed by atoms with Gasteiger partial charge in [-0.2, -0.15) is 13.2 Å². The molecule has 0 radical (unpaired) electrons. The van der Waals surface area contributed by atoms with Crippen LogP contribution in [0.4, 0.5) is 18.3 Å². The Balaban J connectivity index is 2.56. The maximum absolute atomic E-state index is 12.2. The van der Waals surface area contributed by atoms with Crippen LogP contribution in [0.1, 0.15) is 25.3 Å². The first kappa shape index (κ1) is 14.2. The van der Waals surface area contributed by atoms with E-state index in [1.54, 1.807) is 0 Å². The Morgan fingerprint density at radius 3 is 2.41 bits per heavy atom. The molecule has 0 spiro atoms. The average molecular weight is 269 g/mol. The van der Waals surface area contributed by atoms with Gasteiger partial charge < -0.3 is 10.4 Å². The molecule has 0 saturated carbocycles. The van der Waals surface area contributed by atoms with E-state index in [9.17, 15) is 13.2 Å². The second-order valence-electron chi connectivity index (χ2n) is 4.40. The first-order chi connectivity index (χ1) is 7.74. The SMILES string of the molecule is CC(C)(CCO)CNc1nnc(C(F)(F)F)s1. The fourth-order valence-electron chi connectivity index (χ4n) is 1.12. The van der Waals surface area contributed by atoms with Crippen LogP contribution in [0, 0.1) is 5.41 Å². The summed E-state index contributed by atoms with van der Waals surface area (Å²) in [5.74, 6) is 0. The molecular weight excluding hydrogens is 255 g/mol. The number of anilines is 1. The number of alkyl halides is 3. The summed E-state index contributed by atoms with van der Waals surface area (Å²) in [6.45, 7) is 4.28. The number of nitrogens with one attached hydrogen (secondary N) is 1. The van der Waals surface area contributed by atoms with Crippen LogP contribution in [-0.4, -0.2) is 28.5 Å². The molecule has 0 bridgehead atoms. The molecule has 1 aromatic rings. The molecule has 0 atom stereocenters. The number of nitrogens with zero attached hydrogens (tertiary/aromatic N) is 2. The van der Waals surface area contributed by atoms with E-state index in [0.29, 0.717) is 24.3 Å². The zero-order valence-corrected chi connectivity index (χ0v) is 10.3. The van der Waals surface area contributed by atoms with Crippen LogP contribution in [-0.2, 0) is 6.18 Å². The van der Waals surface area contributed by atoms with Gasteiger partial charge >= 0.3 is 6.18 Å². The highest BCUT2D eigenvalue weighted by Crippen LogP contribution is 2.33. The number of hydrogen-bond acceptors (Lipinski definition) is 5. The van der Waals surface area contributed by atoms with E-state index in [1.807, 2.05) is 13.8 Å². The predicted octanol–water partition coefficient (Wildman–Crippen LogP) is 2.38. The summed E-state index contributed by atoms with van der Waals surface area (Å²) in [5.41, 5.74) is -0.210. The van der Waals surface area contributed by atoms with E-state index < -0.39 is 11.2 Å². The largest absolute Gasteiger partial charge is 0.445 e. The molecular formula is C9H14F3N3OS. The lowest BCUT2D eigenvalue weighted by Crippen LogP contribution is -2.24. The summed E-state index contributed by atoms with van der Waals surface area (Å²) < 4.78 is 36.7. The quantitative estimate of drug-likeness (QED) is 0.861. The monoisotopic (exact) mass is 269 g/mol. The highest BCUT2D eigenvalue weighted by Gasteiger charge is 2.35. The first-order valence-electron chi connectivity index (χ1n) is 5.00. The molecule has 8 heteroatoms. The summed E-state index contributed by atoms with van der Waals surface area (Å²) in [6.07, 6.45) is -3.89. The van der Waals surface area contributed by atoms with Gasteiger partial charge in [0, 0.05) is 13.2 Å². The van der Waals surface area contributed by atoms with E-state index in [4.69, 9.17) is 5.11 Å². The van der Waals surface area contributed by atoms with Gasteiger partial charge in [-0.1, -0.05) is 25.2 Å². The summed E-state index contributed by atoms with van der Waals surface area (Å²) in [4.78, 5) is 0. The number of halogens is 3. The molecule has 98 valence electrons. The molecule has 0 amide bonds. The van der Waals surface area contributed by atoms with Crippen molar-refractivity contribution in [3.63, 3.8) is 0 Å². The van der Waals surface area contributed by atoms with E-state index in [1.165, 1.54) is 0 Å². The van der Waals surface area contributed by atoms with Crippen LogP contribution in [0.15, 0.2) is 0 Å². The first-order valence-corrected chi connectivity index (χ1v) is 5.82. The molecule has 0 aliphatic rings. The van der Waals surface area contributed by atoms with Gasteiger partial charge in [-0.05, 0) is 11.8 Å². The fourth-order valence-corrected chi connectivity index (χ4v) is 1.72. The zero-order valence-electron chi connectivity index (χ0n) is 9.51. The molecule has 0 unspecified atom stereocenters. The molecule has 0 fully saturated rings. The van der Waals surface area contributed by atoms with Crippen LogP contribution in [0.3, 0.4) is 0 Å². The number of rotatable bonds is 5. The van der Waals surface area contributed by atoms with Crippen molar-refractivity contribution in [2.45, 2.75) is 26.4 Å². The van der Waals surface area contributed by atoms with Crippen molar-refractivity contribution in [2.75, 3.05) is 18.5 Å². The van der Waals surface area contributed by atoms with Gasteiger partial charge in [-0.25, -0.2) is 0 Å². The second kappa shape index (κ2) is 5.18. The van der Waals surface area contributed by atoms with Crippen LogP contribution in [0.2, 0.25) is 0 Å². The maximum Gasteiger partial charge on any atom is 0.445 e. The van der Waals surface area contributed by atoms with Gasteiger partial charge in [0.05, 0.1) is 0 Å². The summed E-state index contributed by atoms with van der Waals surface area (Å²) in [7, 11) is 0. The highest BCUT2D eigenvalue weighted by molar-refractivity contribution is 7.15. The van der Waals surface area contributed by atoms with Crippen LogP contribution in [0.5, 0.6) is 0 Å². The third-order valence-corrected chi connectivity index (χ3v) is 3.10. The zero-order chi connectivity index (χ0) is 13.1. The standard InChI is InChI=1S/C9H14F3N3OS/c1-8(2,3-4-16)5-13-7-15-14-6(17-7)9(10,11)12/h16H,3-5H2,1-2H3,(H,13,15). The van der Waals surface area contributed by atoms with Crippen molar-refractivity contribution in [1.82, 2.24) is 10.2 Å². The lowest BCUT2D eigenvalue weighted by atomic mass is 9.90. The van der Waals surface area contributed by atoms with Gasteiger partial charge in [0.2, 0.25) is 10.1 Å².